The van der Waals surface area contributed by atoms with Crippen molar-refractivity contribution < 1.29 is 17.7 Å². The summed E-state index contributed by atoms with van der Waals surface area (Å²) in [6, 6.07) is 6.16. The van der Waals surface area contributed by atoms with Crippen LogP contribution in [0.2, 0.25) is 0 Å². The molecule has 1 aliphatic rings. The predicted molar refractivity (Wildman–Crippen MR) is 108 cm³/mol. The number of halogens is 2. The maximum Gasteiger partial charge on any atom is 0.214 e. The molecule has 0 N–H and O–H groups in total. The van der Waals surface area contributed by atoms with E-state index in [1.54, 1.807) is 18.3 Å². The van der Waals surface area contributed by atoms with Gasteiger partial charge in [0.1, 0.15) is 23.1 Å². The van der Waals surface area contributed by atoms with E-state index in [-0.39, 0.29) is 5.75 Å². The van der Waals surface area contributed by atoms with Crippen LogP contribution < -0.4 is 4.74 Å². The molecule has 2 aromatic carbocycles. The summed E-state index contributed by atoms with van der Waals surface area (Å²) in [7, 11) is -2.94. The highest BCUT2D eigenvalue weighted by molar-refractivity contribution is 7.93. The number of unbranched alkanes of at least 4 members (excludes halogenated alkanes) is 1. The maximum atomic E-state index is 13.5. The molecule has 0 spiro atoms. The first-order valence-corrected chi connectivity index (χ1v) is 11.2. The Labute approximate surface area is 169 Å². The summed E-state index contributed by atoms with van der Waals surface area (Å²) in [4.78, 5) is 5.09. The highest BCUT2D eigenvalue weighted by atomic mass is 32.2. The van der Waals surface area contributed by atoms with E-state index >= 15 is 0 Å². The van der Waals surface area contributed by atoms with E-state index in [9.17, 15) is 13.0 Å². The van der Waals surface area contributed by atoms with Gasteiger partial charge in [-0.1, -0.05) is 13.3 Å². The van der Waals surface area contributed by atoms with Crippen LogP contribution in [0.1, 0.15) is 37.3 Å². The largest absolute Gasteiger partial charge is 0.457 e. The summed E-state index contributed by atoms with van der Waals surface area (Å²) in [5.41, 5.74) is 2.22. The van der Waals surface area contributed by atoms with Crippen LogP contribution in [0.3, 0.4) is 0 Å². The quantitative estimate of drug-likeness (QED) is 0.477. The first kappa shape index (κ1) is 20.9. The van der Waals surface area contributed by atoms with Gasteiger partial charge in [-0.05, 0) is 31.4 Å². The lowest BCUT2D eigenvalue weighted by molar-refractivity contribution is 0.463. The van der Waals surface area contributed by atoms with Crippen LogP contribution >= 0.6 is 0 Å². The second kappa shape index (κ2) is 8.70. The minimum absolute atomic E-state index is 0.0350. The number of benzene rings is 2. The third-order valence-electron chi connectivity index (χ3n) is 4.63. The number of rotatable bonds is 6. The fourth-order valence-corrected chi connectivity index (χ4v) is 4.52. The Bertz CT molecular complexity index is 1110. The zero-order chi connectivity index (χ0) is 21.0. The van der Waals surface area contributed by atoms with Crippen molar-refractivity contribution in [2.24, 2.45) is 9.36 Å². The minimum atomic E-state index is -2.94. The fraction of sp³-hybridized carbons (Fsp3) is 0.333. The molecule has 5 nitrogen and oxygen atoms in total. The fourth-order valence-electron chi connectivity index (χ4n) is 3.32. The SMILES string of the molecule is CCCCN=C1CCc2c(Oc3cc(F)cc(F)c3)ccc(S(C)(=O)=NC#N)c21. The smallest absolute Gasteiger partial charge is 0.214 e. The van der Waals surface area contributed by atoms with Crippen molar-refractivity contribution in [3.8, 4) is 17.7 Å². The summed E-state index contributed by atoms with van der Waals surface area (Å²) in [5.74, 6) is -1.02. The van der Waals surface area contributed by atoms with E-state index in [2.05, 4.69) is 16.3 Å². The Balaban J connectivity index is 2.13. The molecule has 0 saturated heterocycles. The Morgan fingerprint density at radius 2 is 1.93 bits per heavy atom. The van der Waals surface area contributed by atoms with Gasteiger partial charge in [0.2, 0.25) is 6.19 Å². The molecule has 1 unspecified atom stereocenters. The molecule has 29 heavy (non-hydrogen) atoms. The average molecular weight is 417 g/mol. The van der Waals surface area contributed by atoms with Gasteiger partial charge in [-0.2, -0.15) is 5.26 Å². The van der Waals surface area contributed by atoms with Gasteiger partial charge >= 0.3 is 0 Å². The molecule has 0 amide bonds. The second-order valence-electron chi connectivity index (χ2n) is 6.80. The molecule has 8 heteroatoms. The summed E-state index contributed by atoms with van der Waals surface area (Å²) in [6.45, 7) is 2.72. The maximum absolute atomic E-state index is 13.5. The summed E-state index contributed by atoms with van der Waals surface area (Å²) in [6.07, 6.45) is 6.18. The number of ether oxygens (including phenoxy) is 1. The van der Waals surface area contributed by atoms with Crippen LogP contribution in [0, 0.1) is 23.1 Å². The third kappa shape index (κ3) is 4.62. The van der Waals surface area contributed by atoms with Crippen LogP contribution in [-0.2, 0) is 16.1 Å². The standard InChI is InChI=1S/C21H21F2N3O2S/c1-3-4-9-25-18-6-5-17-19(28-16-11-14(22)10-15(23)12-16)7-8-20(21(17)18)29(2,27)26-13-24/h7-8,10-12H,3-6,9H2,1-2H3. The first-order chi connectivity index (χ1) is 13.9. The van der Waals surface area contributed by atoms with Crippen molar-refractivity contribution in [1.29, 1.82) is 5.26 Å². The second-order valence-corrected chi connectivity index (χ2v) is 9.03. The molecule has 0 heterocycles. The minimum Gasteiger partial charge on any atom is -0.457 e. The molecular weight excluding hydrogens is 396 g/mol. The molecule has 1 aliphatic carbocycles. The monoisotopic (exact) mass is 417 g/mol. The van der Waals surface area contributed by atoms with E-state index < -0.39 is 21.4 Å². The number of fused-ring (bicyclic) bond motifs is 1. The Morgan fingerprint density at radius 1 is 1.21 bits per heavy atom. The molecule has 0 fully saturated rings. The van der Waals surface area contributed by atoms with E-state index in [1.165, 1.54) is 6.26 Å². The normalized spacial score (nSPS) is 16.2. The Kier molecular flexibility index (Phi) is 6.28. The molecule has 0 aliphatic heterocycles. The Hall–Kier alpha value is -2.79. The number of hydrogen-bond acceptors (Lipinski definition) is 5. The van der Waals surface area contributed by atoms with Crippen LogP contribution in [0.25, 0.3) is 0 Å². The van der Waals surface area contributed by atoms with Crippen LogP contribution in [0.5, 0.6) is 11.5 Å². The van der Waals surface area contributed by atoms with Gasteiger partial charge in [0.25, 0.3) is 0 Å². The van der Waals surface area contributed by atoms with Gasteiger partial charge in [0, 0.05) is 47.8 Å². The highest BCUT2D eigenvalue weighted by Crippen LogP contribution is 2.38. The number of nitrogens with zero attached hydrogens (tertiary/aromatic N) is 3. The van der Waals surface area contributed by atoms with Crippen LogP contribution in [-0.4, -0.2) is 22.7 Å². The topological polar surface area (TPSA) is 74.8 Å². The van der Waals surface area contributed by atoms with Crippen molar-refractivity contribution in [3.05, 3.63) is 53.1 Å². The number of hydrogen-bond donors (Lipinski definition) is 0. The molecule has 3 rings (SSSR count). The number of nitriles is 1. The molecular formula is C21H21F2N3O2S. The number of aliphatic imine (C=N–C) groups is 1. The lowest BCUT2D eigenvalue weighted by Crippen LogP contribution is -2.08. The zero-order valence-electron chi connectivity index (χ0n) is 16.2. The van der Waals surface area contributed by atoms with E-state index in [4.69, 9.17) is 10.00 Å². The lowest BCUT2D eigenvalue weighted by atomic mass is 10.1. The highest BCUT2D eigenvalue weighted by Gasteiger charge is 2.28. The van der Waals surface area contributed by atoms with Crippen LogP contribution in [0.15, 0.2) is 44.6 Å². The van der Waals surface area contributed by atoms with Crippen molar-refractivity contribution in [1.82, 2.24) is 0 Å². The third-order valence-corrected chi connectivity index (χ3v) is 6.22. The van der Waals surface area contributed by atoms with Gasteiger partial charge in [-0.15, -0.1) is 4.36 Å². The van der Waals surface area contributed by atoms with E-state index in [1.807, 2.05) is 0 Å². The van der Waals surface area contributed by atoms with Crippen molar-refractivity contribution in [2.75, 3.05) is 12.8 Å². The summed E-state index contributed by atoms with van der Waals surface area (Å²) in [5, 5.41) is 8.93. The van der Waals surface area contributed by atoms with Gasteiger partial charge < -0.3 is 4.74 Å². The molecule has 0 radical (unpaired) electrons. The van der Waals surface area contributed by atoms with Crippen molar-refractivity contribution in [3.63, 3.8) is 0 Å². The molecule has 0 saturated carbocycles. The van der Waals surface area contributed by atoms with Gasteiger partial charge in [-0.25, -0.2) is 13.0 Å². The summed E-state index contributed by atoms with van der Waals surface area (Å²) < 4.78 is 49.4. The van der Waals surface area contributed by atoms with E-state index in [0.29, 0.717) is 35.6 Å². The summed E-state index contributed by atoms with van der Waals surface area (Å²) >= 11 is 0. The van der Waals surface area contributed by atoms with Gasteiger partial charge in [0.05, 0.1) is 14.6 Å². The zero-order valence-corrected chi connectivity index (χ0v) is 17.1. The first-order valence-electron chi connectivity index (χ1n) is 9.29. The molecule has 0 aromatic heterocycles. The lowest BCUT2D eigenvalue weighted by Gasteiger charge is -2.15. The van der Waals surface area contributed by atoms with Crippen LogP contribution in [0.4, 0.5) is 8.78 Å². The van der Waals surface area contributed by atoms with Gasteiger partial charge in [0.15, 0.2) is 0 Å². The Morgan fingerprint density at radius 3 is 2.59 bits per heavy atom. The molecule has 2 aromatic rings. The molecule has 1 atom stereocenters. The molecule has 0 bridgehead atoms. The van der Waals surface area contributed by atoms with Crippen molar-refractivity contribution >= 4 is 15.4 Å². The molecule has 152 valence electrons. The van der Waals surface area contributed by atoms with E-state index in [0.717, 1.165) is 42.3 Å². The van der Waals surface area contributed by atoms with Gasteiger partial charge in [-0.3, -0.25) is 4.99 Å². The van der Waals surface area contributed by atoms with Crippen molar-refractivity contribution in [2.45, 2.75) is 37.5 Å². The average Bonchev–Trinajstić information content (AvgIpc) is 3.05. The predicted octanol–water partition coefficient (Wildman–Crippen LogP) is 5.23.